The Balaban J connectivity index is 3.77. The zero-order chi connectivity index (χ0) is 10.4. The molecule has 78 valence electrons. The maximum Gasteiger partial charge on any atom is 0.166 e. The third-order valence-electron chi connectivity index (χ3n) is 2.28. The lowest BCUT2D eigenvalue weighted by molar-refractivity contribution is 0.434. The predicted octanol–water partition coefficient (Wildman–Crippen LogP) is 2.29. The van der Waals surface area contributed by atoms with E-state index in [1.807, 2.05) is 0 Å². The molecular weight excluding hydrogens is 180 g/mol. The fraction of sp³-hybridized carbons (Fsp3) is 0.900. The van der Waals surface area contributed by atoms with Gasteiger partial charge in [-0.1, -0.05) is 20.3 Å². The molecule has 0 spiro atoms. The van der Waals surface area contributed by atoms with Gasteiger partial charge in [0.25, 0.3) is 0 Å². The fourth-order valence-electron chi connectivity index (χ4n) is 1.01. The third-order valence-corrected chi connectivity index (χ3v) is 2.51. The molecule has 0 amide bonds. The molecule has 2 atom stereocenters. The molecule has 0 aromatic rings. The lowest BCUT2D eigenvalue weighted by Gasteiger charge is -2.22. The molecule has 0 aromatic carbocycles. The van der Waals surface area contributed by atoms with Crippen LogP contribution in [0.4, 0.5) is 0 Å². The van der Waals surface area contributed by atoms with Gasteiger partial charge in [0.05, 0.1) is 0 Å². The average Bonchev–Trinajstić information content (AvgIpc) is 2.01. The molecule has 0 aliphatic heterocycles. The first-order valence-electron chi connectivity index (χ1n) is 5.04. The molecule has 2 nitrogen and oxygen atoms in total. The third kappa shape index (κ3) is 5.86. The Morgan fingerprint density at radius 1 is 1.15 bits per heavy atom. The Morgan fingerprint density at radius 3 is 2.08 bits per heavy atom. The summed E-state index contributed by atoms with van der Waals surface area (Å²) in [4.78, 5) is 0. The molecule has 0 aliphatic carbocycles. The molecule has 0 saturated carbocycles. The van der Waals surface area contributed by atoms with Crippen LogP contribution >= 0.6 is 12.2 Å². The van der Waals surface area contributed by atoms with E-state index in [-0.39, 0.29) is 0 Å². The van der Waals surface area contributed by atoms with Crippen molar-refractivity contribution in [3.63, 3.8) is 0 Å². The van der Waals surface area contributed by atoms with Crippen molar-refractivity contribution < 1.29 is 0 Å². The van der Waals surface area contributed by atoms with Crippen molar-refractivity contribution >= 4 is 17.3 Å². The van der Waals surface area contributed by atoms with Crippen molar-refractivity contribution in [3.8, 4) is 0 Å². The molecule has 0 saturated heterocycles. The average molecular weight is 202 g/mol. The van der Waals surface area contributed by atoms with Crippen LogP contribution in [0.25, 0.3) is 0 Å². The van der Waals surface area contributed by atoms with Gasteiger partial charge in [-0.05, 0) is 38.9 Å². The molecule has 0 bridgehead atoms. The van der Waals surface area contributed by atoms with Crippen molar-refractivity contribution in [2.75, 3.05) is 0 Å². The number of rotatable bonds is 4. The van der Waals surface area contributed by atoms with E-state index in [1.54, 1.807) is 0 Å². The van der Waals surface area contributed by atoms with Gasteiger partial charge in [0.2, 0.25) is 0 Å². The lowest BCUT2D eigenvalue weighted by atomic mass is 10.0. The first-order valence-corrected chi connectivity index (χ1v) is 5.45. The first kappa shape index (κ1) is 12.7. The summed E-state index contributed by atoms with van der Waals surface area (Å²) in [5.74, 6) is 0.659. The second-order valence-corrected chi connectivity index (χ2v) is 4.35. The molecule has 2 N–H and O–H groups in total. The number of hydrogen-bond donors (Lipinski definition) is 2. The Hall–Kier alpha value is -0.310. The number of hydrogen-bond acceptors (Lipinski definition) is 1. The largest absolute Gasteiger partial charge is 0.361 e. The minimum atomic E-state index is 0.407. The minimum absolute atomic E-state index is 0.407. The Kier molecular flexibility index (Phi) is 6.04. The van der Waals surface area contributed by atoms with Crippen molar-refractivity contribution in [1.29, 1.82) is 0 Å². The SMILES string of the molecule is CCC(C)C(C)NC(=S)NC(C)C. The summed E-state index contributed by atoms with van der Waals surface area (Å²) in [5.41, 5.74) is 0. The summed E-state index contributed by atoms with van der Waals surface area (Å²) in [7, 11) is 0. The quantitative estimate of drug-likeness (QED) is 0.684. The summed E-state index contributed by atoms with van der Waals surface area (Å²) in [6.45, 7) is 10.8. The standard InChI is InChI=1S/C10H22N2S/c1-6-8(4)9(5)12-10(13)11-7(2)3/h7-9H,6H2,1-5H3,(H2,11,12,13). The van der Waals surface area contributed by atoms with E-state index in [0.29, 0.717) is 18.0 Å². The van der Waals surface area contributed by atoms with Crippen molar-refractivity contribution in [3.05, 3.63) is 0 Å². The van der Waals surface area contributed by atoms with Gasteiger partial charge in [0, 0.05) is 12.1 Å². The van der Waals surface area contributed by atoms with E-state index in [9.17, 15) is 0 Å². The van der Waals surface area contributed by atoms with Gasteiger partial charge in [0.1, 0.15) is 0 Å². The summed E-state index contributed by atoms with van der Waals surface area (Å²) in [5, 5.41) is 7.22. The van der Waals surface area contributed by atoms with Crippen LogP contribution in [-0.4, -0.2) is 17.2 Å². The molecule has 13 heavy (non-hydrogen) atoms. The summed E-state index contributed by atoms with van der Waals surface area (Å²) >= 11 is 5.15. The Bertz CT molecular complexity index is 157. The van der Waals surface area contributed by atoms with Crippen molar-refractivity contribution in [1.82, 2.24) is 10.6 Å². The van der Waals surface area contributed by atoms with Crippen molar-refractivity contribution in [2.24, 2.45) is 5.92 Å². The second-order valence-electron chi connectivity index (χ2n) is 3.95. The molecule has 0 aliphatic rings. The highest BCUT2D eigenvalue weighted by molar-refractivity contribution is 7.80. The van der Waals surface area contributed by atoms with Gasteiger partial charge >= 0.3 is 0 Å². The normalized spacial score (nSPS) is 15.2. The van der Waals surface area contributed by atoms with Crippen LogP contribution in [0.15, 0.2) is 0 Å². The van der Waals surface area contributed by atoms with Crippen LogP contribution < -0.4 is 10.6 Å². The van der Waals surface area contributed by atoms with Gasteiger partial charge in [-0.15, -0.1) is 0 Å². The molecule has 0 aromatic heterocycles. The Labute approximate surface area is 87.5 Å². The van der Waals surface area contributed by atoms with Crippen LogP contribution in [0.1, 0.15) is 41.0 Å². The zero-order valence-electron chi connectivity index (χ0n) is 9.35. The smallest absolute Gasteiger partial charge is 0.166 e. The lowest BCUT2D eigenvalue weighted by Crippen LogP contribution is -2.45. The Morgan fingerprint density at radius 2 is 1.69 bits per heavy atom. The van der Waals surface area contributed by atoms with Gasteiger partial charge < -0.3 is 10.6 Å². The van der Waals surface area contributed by atoms with E-state index in [1.165, 1.54) is 6.42 Å². The van der Waals surface area contributed by atoms with E-state index >= 15 is 0 Å². The highest BCUT2D eigenvalue weighted by Gasteiger charge is 2.10. The van der Waals surface area contributed by atoms with Gasteiger partial charge in [-0.2, -0.15) is 0 Å². The van der Waals surface area contributed by atoms with Crippen LogP contribution in [0.3, 0.4) is 0 Å². The topological polar surface area (TPSA) is 24.1 Å². The second kappa shape index (κ2) is 6.19. The van der Waals surface area contributed by atoms with E-state index in [4.69, 9.17) is 12.2 Å². The van der Waals surface area contributed by atoms with E-state index < -0.39 is 0 Å². The first-order chi connectivity index (χ1) is 5.97. The highest BCUT2D eigenvalue weighted by atomic mass is 32.1. The molecule has 0 fully saturated rings. The van der Waals surface area contributed by atoms with Crippen LogP contribution in [0.2, 0.25) is 0 Å². The summed E-state index contributed by atoms with van der Waals surface area (Å²) in [6.07, 6.45) is 1.18. The van der Waals surface area contributed by atoms with Crippen LogP contribution in [0.5, 0.6) is 0 Å². The molecule has 3 heteroatoms. The van der Waals surface area contributed by atoms with E-state index in [0.717, 1.165) is 5.11 Å². The highest BCUT2D eigenvalue weighted by Crippen LogP contribution is 2.06. The number of nitrogens with one attached hydrogen (secondary N) is 2. The summed E-state index contributed by atoms with van der Waals surface area (Å²) < 4.78 is 0. The van der Waals surface area contributed by atoms with Gasteiger partial charge in [-0.25, -0.2) is 0 Å². The molecule has 2 unspecified atom stereocenters. The predicted molar refractivity (Wildman–Crippen MR) is 62.9 cm³/mol. The molecule has 0 radical (unpaired) electrons. The fourth-order valence-corrected chi connectivity index (χ4v) is 1.43. The van der Waals surface area contributed by atoms with Gasteiger partial charge in [0.15, 0.2) is 5.11 Å². The molecular formula is C10H22N2S. The maximum absolute atomic E-state index is 5.15. The number of thiocarbonyl (C=S) groups is 1. The van der Waals surface area contributed by atoms with Gasteiger partial charge in [-0.3, -0.25) is 0 Å². The van der Waals surface area contributed by atoms with Crippen molar-refractivity contribution in [2.45, 2.75) is 53.1 Å². The monoisotopic (exact) mass is 202 g/mol. The molecule has 0 heterocycles. The zero-order valence-corrected chi connectivity index (χ0v) is 10.2. The maximum atomic E-state index is 5.15. The molecule has 0 rings (SSSR count). The van der Waals surface area contributed by atoms with Crippen LogP contribution in [0, 0.1) is 5.92 Å². The minimum Gasteiger partial charge on any atom is -0.361 e. The summed E-state index contributed by atoms with van der Waals surface area (Å²) in [6, 6.07) is 0.855. The van der Waals surface area contributed by atoms with E-state index in [2.05, 4.69) is 45.3 Å². The van der Waals surface area contributed by atoms with Crippen LogP contribution in [-0.2, 0) is 0 Å².